The molecule has 0 heterocycles. The first-order chi connectivity index (χ1) is 8.99. The maximum Gasteiger partial charge on any atom is 0.303 e. The molecule has 3 N–H and O–H groups in total. The number of hydrogen-bond donors (Lipinski definition) is 2. The molecule has 5 nitrogen and oxygen atoms in total. The molecule has 0 bridgehead atoms. The highest BCUT2D eigenvalue weighted by Crippen LogP contribution is 2.32. The summed E-state index contributed by atoms with van der Waals surface area (Å²) in [7, 11) is 3.18. The molecule has 19 heavy (non-hydrogen) atoms. The largest absolute Gasteiger partial charge is 0.496 e. The number of carboxylic acids is 1. The third kappa shape index (κ3) is 4.49. The van der Waals surface area contributed by atoms with Crippen molar-refractivity contribution >= 4 is 21.9 Å². The van der Waals surface area contributed by atoms with Gasteiger partial charge in [-0.25, -0.2) is 0 Å². The number of ether oxygens (including phenoxy) is 2. The van der Waals surface area contributed by atoms with Gasteiger partial charge in [-0.2, -0.15) is 0 Å². The molecule has 0 radical (unpaired) electrons. The van der Waals surface area contributed by atoms with Gasteiger partial charge in [0.05, 0.1) is 18.2 Å². The topological polar surface area (TPSA) is 81.8 Å². The van der Waals surface area contributed by atoms with Gasteiger partial charge in [-0.05, 0) is 45.6 Å². The second-order valence-corrected chi connectivity index (χ2v) is 5.01. The zero-order valence-electron chi connectivity index (χ0n) is 11.0. The van der Waals surface area contributed by atoms with Crippen molar-refractivity contribution in [3.05, 3.63) is 27.7 Å². The summed E-state index contributed by atoms with van der Waals surface area (Å²) in [6.07, 6.45) is 0.419. The Balaban J connectivity index is 3.02. The first-order valence-corrected chi connectivity index (χ1v) is 6.61. The van der Waals surface area contributed by atoms with Crippen LogP contribution in [0.1, 0.15) is 30.0 Å². The van der Waals surface area contributed by atoms with Crippen LogP contribution in [0, 0.1) is 0 Å². The molecule has 0 aromatic heterocycles. The van der Waals surface area contributed by atoms with Gasteiger partial charge in [0.2, 0.25) is 0 Å². The Hall–Kier alpha value is -1.11. The highest BCUT2D eigenvalue weighted by atomic mass is 79.9. The van der Waals surface area contributed by atoms with Crippen LogP contribution in [0.15, 0.2) is 16.6 Å². The fraction of sp³-hybridized carbons (Fsp3) is 0.462. The van der Waals surface area contributed by atoms with Crippen molar-refractivity contribution in [3.63, 3.8) is 0 Å². The number of rotatable bonds is 7. The maximum absolute atomic E-state index is 10.6. The van der Waals surface area contributed by atoms with Crippen LogP contribution in [0.5, 0.6) is 5.75 Å². The second-order valence-electron chi connectivity index (χ2n) is 4.16. The van der Waals surface area contributed by atoms with Gasteiger partial charge in [-0.3, -0.25) is 4.79 Å². The van der Waals surface area contributed by atoms with Crippen molar-refractivity contribution < 1.29 is 19.4 Å². The average Bonchev–Trinajstić information content (AvgIpc) is 2.37. The molecule has 0 fully saturated rings. The van der Waals surface area contributed by atoms with Crippen LogP contribution < -0.4 is 10.5 Å². The van der Waals surface area contributed by atoms with Crippen LogP contribution in [0.4, 0.5) is 0 Å². The van der Waals surface area contributed by atoms with Gasteiger partial charge in [0.25, 0.3) is 0 Å². The monoisotopic (exact) mass is 331 g/mol. The molecule has 1 unspecified atom stereocenters. The second kappa shape index (κ2) is 7.47. The molecule has 1 aromatic rings. The Labute approximate surface area is 120 Å². The third-order valence-corrected chi connectivity index (χ3v) is 3.40. The zero-order chi connectivity index (χ0) is 14.4. The van der Waals surface area contributed by atoms with E-state index in [1.54, 1.807) is 14.2 Å². The van der Waals surface area contributed by atoms with E-state index in [0.29, 0.717) is 18.8 Å². The van der Waals surface area contributed by atoms with Gasteiger partial charge in [-0.15, -0.1) is 0 Å². The summed E-state index contributed by atoms with van der Waals surface area (Å²) in [5, 5.41) is 8.71. The minimum atomic E-state index is -0.851. The zero-order valence-corrected chi connectivity index (χ0v) is 12.6. The van der Waals surface area contributed by atoms with Gasteiger partial charge in [0, 0.05) is 19.6 Å². The van der Waals surface area contributed by atoms with Crippen LogP contribution in [-0.2, 0) is 16.1 Å². The van der Waals surface area contributed by atoms with Crippen LogP contribution in [0.25, 0.3) is 0 Å². The average molecular weight is 332 g/mol. The standard InChI is InChI=1S/C13H18BrNO4/c1-18-7-8-5-12(19-2)10(14)6-9(8)11(15)3-4-13(16)17/h5-6,11H,3-4,7,15H2,1-2H3,(H,16,17). The van der Waals surface area contributed by atoms with Crippen molar-refractivity contribution in [2.45, 2.75) is 25.5 Å². The summed E-state index contributed by atoms with van der Waals surface area (Å²) in [5.41, 5.74) is 7.83. The lowest BCUT2D eigenvalue weighted by molar-refractivity contribution is -0.137. The number of nitrogens with two attached hydrogens (primary N) is 1. The first kappa shape index (κ1) is 15.9. The predicted octanol–water partition coefficient (Wildman–Crippen LogP) is 2.47. The van der Waals surface area contributed by atoms with Crippen molar-refractivity contribution in [1.29, 1.82) is 0 Å². The summed E-state index contributed by atoms with van der Waals surface area (Å²) >= 11 is 3.40. The van der Waals surface area contributed by atoms with Crippen molar-refractivity contribution in [1.82, 2.24) is 0 Å². The number of methoxy groups -OCH3 is 2. The lowest BCUT2D eigenvalue weighted by Crippen LogP contribution is -2.15. The van der Waals surface area contributed by atoms with Crippen LogP contribution in [-0.4, -0.2) is 25.3 Å². The Kier molecular flexibility index (Phi) is 6.27. The number of benzene rings is 1. The van der Waals surface area contributed by atoms with Gasteiger partial charge in [-0.1, -0.05) is 0 Å². The van der Waals surface area contributed by atoms with E-state index in [1.165, 1.54) is 0 Å². The smallest absolute Gasteiger partial charge is 0.303 e. The molecule has 0 aliphatic heterocycles. The minimum Gasteiger partial charge on any atom is -0.496 e. The van der Waals surface area contributed by atoms with Crippen LogP contribution in [0.2, 0.25) is 0 Å². The third-order valence-electron chi connectivity index (χ3n) is 2.78. The van der Waals surface area contributed by atoms with Crippen LogP contribution >= 0.6 is 15.9 Å². The maximum atomic E-state index is 10.6. The highest BCUT2D eigenvalue weighted by Gasteiger charge is 2.16. The molecule has 6 heteroatoms. The van der Waals surface area contributed by atoms with E-state index >= 15 is 0 Å². The molecule has 0 saturated heterocycles. The summed E-state index contributed by atoms with van der Waals surface area (Å²) in [5.74, 6) is -0.155. The molecular formula is C13H18BrNO4. The van der Waals surface area contributed by atoms with E-state index in [1.807, 2.05) is 12.1 Å². The number of aliphatic carboxylic acids is 1. The van der Waals surface area contributed by atoms with Crippen molar-refractivity contribution in [3.8, 4) is 5.75 Å². The predicted molar refractivity (Wildman–Crippen MR) is 75.2 cm³/mol. The van der Waals surface area contributed by atoms with Crippen molar-refractivity contribution in [2.24, 2.45) is 5.73 Å². The SMILES string of the molecule is COCc1cc(OC)c(Br)cc1C(N)CCC(=O)O. The molecule has 106 valence electrons. The Morgan fingerprint density at radius 2 is 2.16 bits per heavy atom. The highest BCUT2D eigenvalue weighted by molar-refractivity contribution is 9.10. The van der Waals surface area contributed by atoms with Gasteiger partial charge in [0.1, 0.15) is 5.75 Å². The Morgan fingerprint density at radius 1 is 1.47 bits per heavy atom. The quantitative estimate of drug-likeness (QED) is 0.802. The molecule has 1 rings (SSSR count). The van der Waals surface area contributed by atoms with E-state index in [-0.39, 0.29) is 12.5 Å². The lowest BCUT2D eigenvalue weighted by atomic mass is 9.97. The number of hydrogen-bond acceptors (Lipinski definition) is 4. The summed E-state index contributed by atoms with van der Waals surface area (Å²) in [6, 6.07) is 3.37. The molecular weight excluding hydrogens is 314 g/mol. The molecule has 0 aliphatic carbocycles. The Morgan fingerprint density at radius 3 is 2.68 bits per heavy atom. The summed E-state index contributed by atoms with van der Waals surface area (Å²) in [6.45, 7) is 0.403. The molecule has 0 saturated carbocycles. The summed E-state index contributed by atoms with van der Waals surface area (Å²) < 4.78 is 11.2. The molecule has 1 aromatic carbocycles. The van der Waals surface area contributed by atoms with Crippen LogP contribution in [0.3, 0.4) is 0 Å². The number of carboxylic acid groups (broad SMARTS) is 1. The lowest BCUT2D eigenvalue weighted by Gasteiger charge is -2.18. The fourth-order valence-electron chi connectivity index (χ4n) is 1.83. The van der Waals surface area contributed by atoms with Crippen molar-refractivity contribution in [2.75, 3.05) is 14.2 Å². The van der Waals surface area contributed by atoms with Gasteiger partial charge < -0.3 is 20.3 Å². The number of carbonyl (C=O) groups is 1. The molecule has 0 spiro atoms. The first-order valence-electron chi connectivity index (χ1n) is 5.82. The normalized spacial score (nSPS) is 12.2. The van der Waals surface area contributed by atoms with Gasteiger partial charge >= 0.3 is 5.97 Å². The number of halogens is 1. The molecule has 1 atom stereocenters. The molecule has 0 amide bonds. The van der Waals surface area contributed by atoms with Gasteiger partial charge in [0.15, 0.2) is 0 Å². The van der Waals surface area contributed by atoms with E-state index in [4.69, 9.17) is 20.3 Å². The Bertz CT molecular complexity index is 451. The fourth-order valence-corrected chi connectivity index (χ4v) is 2.35. The minimum absolute atomic E-state index is 0.0389. The van der Waals surface area contributed by atoms with E-state index in [0.717, 1.165) is 15.6 Å². The van der Waals surface area contributed by atoms with E-state index in [9.17, 15) is 4.79 Å². The summed E-state index contributed by atoms with van der Waals surface area (Å²) in [4.78, 5) is 10.6. The van der Waals surface area contributed by atoms with E-state index < -0.39 is 5.97 Å². The molecule has 0 aliphatic rings. The van der Waals surface area contributed by atoms with E-state index in [2.05, 4.69) is 15.9 Å².